The molecule has 0 aliphatic rings. The van der Waals surface area contributed by atoms with Gasteiger partial charge >= 0.3 is 0 Å². The highest BCUT2D eigenvalue weighted by Gasteiger charge is 2.10. The molecule has 1 amide bonds. The zero-order chi connectivity index (χ0) is 17.6. The summed E-state index contributed by atoms with van der Waals surface area (Å²) in [6.45, 7) is 0. The van der Waals surface area contributed by atoms with Gasteiger partial charge in [-0.25, -0.2) is 0 Å². The van der Waals surface area contributed by atoms with Crippen LogP contribution in [0, 0.1) is 0 Å². The summed E-state index contributed by atoms with van der Waals surface area (Å²) in [5.74, 6) is -0.417. The average molecular weight is 351 g/mol. The molecule has 2 N–H and O–H groups in total. The Kier molecular flexibility index (Phi) is 5.11. The van der Waals surface area contributed by atoms with E-state index < -0.39 is 0 Å². The molecule has 124 valence electrons. The monoisotopic (exact) mass is 350 g/mol. The molecule has 3 aromatic rings. The van der Waals surface area contributed by atoms with E-state index in [1.54, 1.807) is 60.8 Å². The summed E-state index contributed by atoms with van der Waals surface area (Å²) in [6, 6.07) is 20.9. The molecule has 0 fully saturated rings. The first-order valence-corrected chi connectivity index (χ1v) is 7.99. The highest BCUT2D eigenvalue weighted by Crippen LogP contribution is 2.20. The maximum atomic E-state index is 12.1. The van der Waals surface area contributed by atoms with Crippen molar-refractivity contribution < 1.29 is 9.90 Å². The molecule has 3 aromatic carbocycles. The largest absolute Gasteiger partial charge is 0.507 e. The SMILES string of the molecule is O=C(Nc1ccc(N=Cc2ccc(Cl)cc2)cc1)c1ccccc1O. The van der Waals surface area contributed by atoms with Crippen LogP contribution in [0.1, 0.15) is 15.9 Å². The molecular weight excluding hydrogens is 336 g/mol. The van der Waals surface area contributed by atoms with Crippen molar-refractivity contribution in [1.29, 1.82) is 0 Å². The molecule has 0 radical (unpaired) electrons. The van der Waals surface area contributed by atoms with Crippen molar-refractivity contribution in [2.45, 2.75) is 0 Å². The Morgan fingerprint density at radius 2 is 1.64 bits per heavy atom. The Morgan fingerprint density at radius 1 is 0.960 bits per heavy atom. The lowest BCUT2D eigenvalue weighted by atomic mass is 10.2. The van der Waals surface area contributed by atoms with Crippen molar-refractivity contribution >= 4 is 35.1 Å². The van der Waals surface area contributed by atoms with Crippen LogP contribution in [0.5, 0.6) is 5.75 Å². The van der Waals surface area contributed by atoms with Gasteiger partial charge in [0, 0.05) is 16.9 Å². The molecule has 5 heteroatoms. The van der Waals surface area contributed by atoms with Crippen molar-refractivity contribution in [1.82, 2.24) is 0 Å². The van der Waals surface area contributed by atoms with Crippen molar-refractivity contribution in [3.63, 3.8) is 0 Å². The quantitative estimate of drug-likeness (QED) is 0.647. The smallest absolute Gasteiger partial charge is 0.259 e. The summed E-state index contributed by atoms with van der Waals surface area (Å²) in [5.41, 5.74) is 2.56. The Hall–Kier alpha value is -3.11. The van der Waals surface area contributed by atoms with Gasteiger partial charge in [-0.3, -0.25) is 9.79 Å². The number of phenols is 1. The zero-order valence-electron chi connectivity index (χ0n) is 13.2. The Labute approximate surface area is 150 Å². The van der Waals surface area contributed by atoms with E-state index in [2.05, 4.69) is 10.3 Å². The first-order chi connectivity index (χ1) is 12.1. The number of halogens is 1. The van der Waals surface area contributed by atoms with Gasteiger partial charge in [0.1, 0.15) is 5.75 Å². The van der Waals surface area contributed by atoms with Crippen LogP contribution < -0.4 is 5.32 Å². The standard InChI is InChI=1S/C20H15ClN2O2/c21-15-7-5-14(6-8-15)13-22-16-9-11-17(12-10-16)23-20(25)18-3-1-2-4-19(18)24/h1-13,24H,(H,23,25). The molecule has 0 aliphatic heterocycles. The van der Waals surface area contributed by atoms with E-state index in [0.717, 1.165) is 11.3 Å². The van der Waals surface area contributed by atoms with E-state index >= 15 is 0 Å². The van der Waals surface area contributed by atoms with E-state index in [1.165, 1.54) is 6.07 Å². The number of nitrogens with one attached hydrogen (secondary N) is 1. The molecule has 0 unspecified atom stereocenters. The Balaban J connectivity index is 1.67. The number of carbonyl (C=O) groups is 1. The predicted octanol–water partition coefficient (Wildman–Crippen LogP) is 5.05. The number of phenolic OH excluding ortho intramolecular Hbond substituents is 1. The summed E-state index contributed by atoms with van der Waals surface area (Å²) in [7, 11) is 0. The molecular formula is C20H15ClN2O2. The van der Waals surface area contributed by atoms with Gasteiger partial charge in [0.05, 0.1) is 11.3 Å². The number of aliphatic imine (C=N–C) groups is 1. The van der Waals surface area contributed by atoms with Crippen LogP contribution in [0.4, 0.5) is 11.4 Å². The minimum absolute atomic E-state index is 0.0517. The van der Waals surface area contributed by atoms with Crippen LogP contribution in [0.25, 0.3) is 0 Å². The number of para-hydroxylation sites is 1. The van der Waals surface area contributed by atoms with E-state index in [-0.39, 0.29) is 17.2 Å². The second-order valence-corrected chi connectivity index (χ2v) is 5.76. The molecule has 0 aromatic heterocycles. The normalized spacial score (nSPS) is 10.8. The van der Waals surface area contributed by atoms with E-state index in [0.29, 0.717) is 10.7 Å². The number of benzene rings is 3. The number of nitrogens with zero attached hydrogens (tertiary/aromatic N) is 1. The number of rotatable bonds is 4. The molecule has 0 saturated heterocycles. The van der Waals surface area contributed by atoms with E-state index in [4.69, 9.17) is 11.6 Å². The lowest BCUT2D eigenvalue weighted by Crippen LogP contribution is -2.11. The molecule has 4 nitrogen and oxygen atoms in total. The lowest BCUT2D eigenvalue weighted by molar-refractivity contribution is 0.102. The molecule has 0 saturated carbocycles. The maximum Gasteiger partial charge on any atom is 0.259 e. The third kappa shape index (κ3) is 4.46. The molecule has 0 spiro atoms. The van der Waals surface area contributed by atoms with Gasteiger partial charge in [0.15, 0.2) is 0 Å². The van der Waals surface area contributed by atoms with Crippen LogP contribution in [-0.4, -0.2) is 17.2 Å². The molecule has 0 atom stereocenters. The van der Waals surface area contributed by atoms with Crippen LogP contribution in [0.3, 0.4) is 0 Å². The lowest BCUT2D eigenvalue weighted by Gasteiger charge is -2.06. The van der Waals surface area contributed by atoms with Crippen LogP contribution in [0.15, 0.2) is 77.8 Å². The van der Waals surface area contributed by atoms with Gasteiger partial charge in [-0.05, 0) is 54.1 Å². The van der Waals surface area contributed by atoms with Crippen LogP contribution in [-0.2, 0) is 0 Å². The highest BCUT2D eigenvalue weighted by molar-refractivity contribution is 6.30. The minimum Gasteiger partial charge on any atom is -0.507 e. The number of carbonyl (C=O) groups excluding carboxylic acids is 1. The van der Waals surface area contributed by atoms with Crippen molar-refractivity contribution in [3.05, 3.63) is 88.9 Å². The maximum absolute atomic E-state index is 12.1. The van der Waals surface area contributed by atoms with Gasteiger partial charge in [0.2, 0.25) is 0 Å². The highest BCUT2D eigenvalue weighted by atomic mass is 35.5. The summed E-state index contributed by atoms with van der Waals surface area (Å²) in [4.78, 5) is 16.5. The first kappa shape index (κ1) is 16.7. The Morgan fingerprint density at radius 3 is 2.32 bits per heavy atom. The molecule has 0 heterocycles. The molecule has 0 bridgehead atoms. The number of anilines is 1. The van der Waals surface area contributed by atoms with Crippen molar-refractivity contribution in [2.75, 3.05) is 5.32 Å². The fourth-order valence-electron chi connectivity index (χ4n) is 2.19. The summed E-state index contributed by atoms with van der Waals surface area (Å²) < 4.78 is 0. The summed E-state index contributed by atoms with van der Waals surface area (Å²) in [5, 5.41) is 13.1. The molecule has 3 rings (SSSR count). The topological polar surface area (TPSA) is 61.7 Å². The zero-order valence-corrected chi connectivity index (χ0v) is 13.9. The third-order valence-electron chi connectivity index (χ3n) is 3.51. The second kappa shape index (κ2) is 7.64. The van der Waals surface area contributed by atoms with Gasteiger partial charge in [-0.1, -0.05) is 35.9 Å². The predicted molar refractivity (Wildman–Crippen MR) is 101 cm³/mol. The fraction of sp³-hybridized carbons (Fsp3) is 0. The fourth-order valence-corrected chi connectivity index (χ4v) is 2.32. The Bertz CT molecular complexity index is 904. The number of amides is 1. The van der Waals surface area contributed by atoms with Gasteiger partial charge in [-0.2, -0.15) is 0 Å². The third-order valence-corrected chi connectivity index (χ3v) is 3.76. The number of hydrogen-bond donors (Lipinski definition) is 2. The van der Waals surface area contributed by atoms with Crippen LogP contribution >= 0.6 is 11.6 Å². The average Bonchev–Trinajstić information content (AvgIpc) is 2.63. The minimum atomic E-state index is -0.365. The first-order valence-electron chi connectivity index (χ1n) is 7.61. The molecule has 0 aliphatic carbocycles. The summed E-state index contributed by atoms with van der Waals surface area (Å²) in [6.07, 6.45) is 1.74. The van der Waals surface area contributed by atoms with Gasteiger partial charge < -0.3 is 10.4 Å². The number of hydrogen-bond acceptors (Lipinski definition) is 3. The number of aromatic hydroxyl groups is 1. The van der Waals surface area contributed by atoms with Crippen molar-refractivity contribution in [2.24, 2.45) is 4.99 Å². The molecule has 25 heavy (non-hydrogen) atoms. The van der Waals surface area contributed by atoms with Crippen LogP contribution in [0.2, 0.25) is 5.02 Å². The van der Waals surface area contributed by atoms with E-state index in [1.807, 2.05) is 12.1 Å². The summed E-state index contributed by atoms with van der Waals surface area (Å²) >= 11 is 5.85. The van der Waals surface area contributed by atoms with Crippen molar-refractivity contribution in [3.8, 4) is 5.75 Å². The van der Waals surface area contributed by atoms with Gasteiger partial charge in [0.25, 0.3) is 5.91 Å². The van der Waals surface area contributed by atoms with E-state index in [9.17, 15) is 9.90 Å². The second-order valence-electron chi connectivity index (χ2n) is 5.33. The van der Waals surface area contributed by atoms with Gasteiger partial charge in [-0.15, -0.1) is 0 Å².